The monoisotopic (exact) mass is 274 g/mol. The Morgan fingerprint density at radius 3 is 2.44 bits per heavy atom. The Hall–Kier alpha value is -1.14. The zero-order valence-electron chi connectivity index (χ0n) is 10.4. The van der Waals surface area contributed by atoms with Crippen LogP contribution in [0.5, 0.6) is 0 Å². The first-order valence-corrected chi connectivity index (χ1v) is 7.65. The van der Waals surface area contributed by atoms with Gasteiger partial charge in [0, 0.05) is 5.69 Å². The molecule has 0 bridgehead atoms. The molecule has 0 aliphatic heterocycles. The van der Waals surface area contributed by atoms with Gasteiger partial charge in [-0.05, 0) is 50.2 Å². The molecule has 1 aromatic rings. The second kappa shape index (κ2) is 7.33. The Labute approximate surface area is 108 Å². The van der Waals surface area contributed by atoms with Gasteiger partial charge >= 0.3 is 0 Å². The molecule has 4 nitrogen and oxygen atoms in total. The van der Waals surface area contributed by atoms with Crippen LogP contribution in [0.15, 0.2) is 24.3 Å². The van der Waals surface area contributed by atoms with Gasteiger partial charge in [-0.3, -0.25) is 4.72 Å². The van der Waals surface area contributed by atoms with Crippen LogP contribution in [0, 0.1) is 5.82 Å². The highest BCUT2D eigenvalue weighted by Crippen LogP contribution is 2.10. The minimum Gasteiger partial charge on any atom is -0.317 e. The molecule has 1 aromatic carbocycles. The zero-order valence-corrected chi connectivity index (χ0v) is 11.3. The lowest BCUT2D eigenvalue weighted by atomic mass is 10.3. The van der Waals surface area contributed by atoms with Crippen molar-refractivity contribution >= 4 is 15.7 Å². The van der Waals surface area contributed by atoms with Gasteiger partial charge in [0.1, 0.15) is 5.82 Å². The van der Waals surface area contributed by atoms with Crippen molar-refractivity contribution in [3.63, 3.8) is 0 Å². The van der Waals surface area contributed by atoms with Crippen LogP contribution >= 0.6 is 0 Å². The Kier molecular flexibility index (Phi) is 6.07. The maximum absolute atomic E-state index is 12.7. The van der Waals surface area contributed by atoms with Crippen LogP contribution in [-0.2, 0) is 10.0 Å². The van der Waals surface area contributed by atoms with Crippen LogP contribution < -0.4 is 10.0 Å². The van der Waals surface area contributed by atoms with Crippen molar-refractivity contribution in [2.45, 2.75) is 19.8 Å². The number of nitrogens with one attached hydrogen (secondary N) is 2. The van der Waals surface area contributed by atoms with Gasteiger partial charge in [-0.1, -0.05) is 6.92 Å². The number of hydrogen-bond acceptors (Lipinski definition) is 3. The number of rotatable bonds is 8. The second-order valence-corrected chi connectivity index (χ2v) is 5.87. The minimum atomic E-state index is -3.35. The molecule has 0 saturated heterocycles. The van der Waals surface area contributed by atoms with E-state index in [0.29, 0.717) is 18.7 Å². The lowest BCUT2D eigenvalue weighted by Gasteiger charge is -2.08. The Morgan fingerprint density at radius 2 is 1.83 bits per heavy atom. The van der Waals surface area contributed by atoms with Crippen LogP contribution in [0.2, 0.25) is 0 Å². The normalized spacial score (nSPS) is 11.4. The third-order valence-electron chi connectivity index (χ3n) is 2.31. The lowest BCUT2D eigenvalue weighted by Crippen LogP contribution is -2.22. The summed E-state index contributed by atoms with van der Waals surface area (Å²) < 4.78 is 38.4. The number of sulfonamides is 1. The van der Waals surface area contributed by atoms with Gasteiger partial charge in [-0.2, -0.15) is 0 Å². The second-order valence-electron chi connectivity index (χ2n) is 4.03. The van der Waals surface area contributed by atoms with Crippen molar-refractivity contribution in [3.8, 4) is 0 Å². The summed E-state index contributed by atoms with van der Waals surface area (Å²) in [6.45, 7) is 3.63. The van der Waals surface area contributed by atoms with Crippen molar-refractivity contribution in [2.75, 3.05) is 23.6 Å². The summed E-state index contributed by atoms with van der Waals surface area (Å²) in [5.41, 5.74) is 0.387. The van der Waals surface area contributed by atoms with Crippen molar-refractivity contribution in [1.29, 1.82) is 0 Å². The average Bonchev–Trinajstić information content (AvgIpc) is 2.31. The molecule has 0 saturated carbocycles. The largest absolute Gasteiger partial charge is 0.317 e. The number of halogens is 1. The van der Waals surface area contributed by atoms with E-state index in [1.165, 1.54) is 24.3 Å². The quantitative estimate of drug-likeness (QED) is 0.712. The van der Waals surface area contributed by atoms with E-state index in [1.807, 2.05) is 0 Å². The van der Waals surface area contributed by atoms with Crippen molar-refractivity contribution < 1.29 is 12.8 Å². The van der Waals surface area contributed by atoms with E-state index >= 15 is 0 Å². The molecule has 0 fully saturated rings. The van der Waals surface area contributed by atoms with Gasteiger partial charge in [0.15, 0.2) is 0 Å². The summed E-state index contributed by atoms with van der Waals surface area (Å²) in [5, 5.41) is 3.14. The van der Waals surface area contributed by atoms with E-state index in [2.05, 4.69) is 17.0 Å². The van der Waals surface area contributed by atoms with Gasteiger partial charge in [0.05, 0.1) is 5.75 Å². The third-order valence-corrected chi connectivity index (χ3v) is 3.68. The number of hydrogen-bond donors (Lipinski definition) is 2. The van der Waals surface area contributed by atoms with E-state index < -0.39 is 10.0 Å². The van der Waals surface area contributed by atoms with Crippen LogP contribution in [0.1, 0.15) is 19.8 Å². The maximum Gasteiger partial charge on any atom is 0.232 e. The molecule has 0 unspecified atom stereocenters. The molecule has 1 rings (SSSR count). The predicted octanol–water partition coefficient (Wildman–Crippen LogP) is 1.96. The topological polar surface area (TPSA) is 58.2 Å². The fraction of sp³-hybridized carbons (Fsp3) is 0.500. The molecule has 2 N–H and O–H groups in total. The van der Waals surface area contributed by atoms with Crippen molar-refractivity contribution in [2.24, 2.45) is 0 Å². The van der Waals surface area contributed by atoms with Crippen molar-refractivity contribution in [3.05, 3.63) is 30.1 Å². The van der Waals surface area contributed by atoms with E-state index in [1.54, 1.807) is 0 Å². The molecule has 0 aromatic heterocycles. The number of benzene rings is 1. The van der Waals surface area contributed by atoms with Crippen LogP contribution in [0.25, 0.3) is 0 Å². The first-order valence-electron chi connectivity index (χ1n) is 6.00. The molecule has 0 radical (unpaired) electrons. The van der Waals surface area contributed by atoms with E-state index in [-0.39, 0.29) is 11.6 Å². The molecule has 0 spiro atoms. The molecule has 18 heavy (non-hydrogen) atoms. The fourth-order valence-corrected chi connectivity index (χ4v) is 2.56. The molecule has 0 aliphatic carbocycles. The van der Waals surface area contributed by atoms with Crippen LogP contribution in [-0.4, -0.2) is 27.3 Å². The Balaban J connectivity index is 2.37. The van der Waals surface area contributed by atoms with Gasteiger partial charge in [-0.15, -0.1) is 0 Å². The lowest BCUT2D eigenvalue weighted by molar-refractivity contribution is 0.593. The van der Waals surface area contributed by atoms with E-state index in [4.69, 9.17) is 0 Å². The first-order chi connectivity index (χ1) is 8.53. The zero-order chi connectivity index (χ0) is 13.4. The Bertz CT molecular complexity index is 446. The SMILES string of the molecule is CCCNCCCS(=O)(=O)Nc1ccc(F)cc1. The standard InChI is InChI=1S/C12H19FN2O2S/c1-2-8-14-9-3-10-18(16,17)15-12-6-4-11(13)5-7-12/h4-7,14-15H,2-3,8-10H2,1H3. The summed E-state index contributed by atoms with van der Waals surface area (Å²) in [6, 6.07) is 5.26. The summed E-state index contributed by atoms with van der Waals surface area (Å²) in [6.07, 6.45) is 1.58. The van der Waals surface area contributed by atoms with Gasteiger partial charge < -0.3 is 5.32 Å². The number of anilines is 1. The van der Waals surface area contributed by atoms with Gasteiger partial charge in [0.25, 0.3) is 0 Å². The molecular formula is C12H19FN2O2S. The summed E-state index contributed by atoms with van der Waals surface area (Å²) in [7, 11) is -3.35. The molecule has 6 heteroatoms. The molecular weight excluding hydrogens is 255 g/mol. The highest BCUT2D eigenvalue weighted by atomic mass is 32.2. The molecule has 0 heterocycles. The highest BCUT2D eigenvalue weighted by Gasteiger charge is 2.09. The molecule has 0 aliphatic rings. The van der Waals surface area contributed by atoms with Crippen molar-refractivity contribution in [1.82, 2.24) is 5.32 Å². The fourth-order valence-electron chi connectivity index (χ4n) is 1.44. The minimum absolute atomic E-state index is 0.0566. The van der Waals surface area contributed by atoms with Crippen LogP contribution in [0.3, 0.4) is 0 Å². The average molecular weight is 274 g/mol. The summed E-state index contributed by atoms with van der Waals surface area (Å²) >= 11 is 0. The molecule has 102 valence electrons. The van der Waals surface area contributed by atoms with E-state index in [9.17, 15) is 12.8 Å². The summed E-state index contributed by atoms with van der Waals surface area (Å²) in [5.74, 6) is -0.331. The molecule has 0 amide bonds. The Morgan fingerprint density at radius 1 is 1.17 bits per heavy atom. The van der Waals surface area contributed by atoms with E-state index in [0.717, 1.165) is 13.0 Å². The van der Waals surface area contributed by atoms with Gasteiger partial charge in [-0.25, -0.2) is 12.8 Å². The molecule has 0 atom stereocenters. The first kappa shape index (κ1) is 14.9. The maximum atomic E-state index is 12.7. The summed E-state index contributed by atoms with van der Waals surface area (Å²) in [4.78, 5) is 0. The predicted molar refractivity (Wildman–Crippen MR) is 71.6 cm³/mol. The highest BCUT2D eigenvalue weighted by molar-refractivity contribution is 7.92. The smallest absolute Gasteiger partial charge is 0.232 e. The van der Waals surface area contributed by atoms with Gasteiger partial charge in [0.2, 0.25) is 10.0 Å². The van der Waals surface area contributed by atoms with Crippen LogP contribution in [0.4, 0.5) is 10.1 Å². The third kappa shape index (κ3) is 5.97.